The van der Waals surface area contributed by atoms with Gasteiger partial charge < -0.3 is 9.64 Å². The van der Waals surface area contributed by atoms with E-state index in [-0.39, 0.29) is 47.0 Å². The van der Waals surface area contributed by atoms with Gasteiger partial charge in [0.15, 0.2) is 5.65 Å². The number of hydrogen-bond acceptors (Lipinski definition) is 7. The number of nitrogens with zero attached hydrogens (tertiary/aromatic N) is 7. The summed E-state index contributed by atoms with van der Waals surface area (Å²) in [7, 11) is 5.13. The Kier molecular flexibility index (Phi) is 7.62. The van der Waals surface area contributed by atoms with Gasteiger partial charge in [-0.2, -0.15) is 18.2 Å². The number of carbonyl (C=O) groups is 1. The minimum absolute atomic E-state index is 0.0600. The van der Waals surface area contributed by atoms with Crippen molar-refractivity contribution in [3.05, 3.63) is 63.1 Å². The summed E-state index contributed by atoms with van der Waals surface area (Å²) in [4.78, 5) is 47.8. The molecule has 0 bridgehead atoms. The summed E-state index contributed by atoms with van der Waals surface area (Å²) < 4.78 is 52.4. The number of ether oxygens (including phenoxy) is 1. The van der Waals surface area contributed by atoms with Crippen LogP contribution in [-0.4, -0.2) is 71.3 Å². The van der Waals surface area contributed by atoms with Gasteiger partial charge in [0.2, 0.25) is 0 Å². The Balaban J connectivity index is 1.48. The summed E-state index contributed by atoms with van der Waals surface area (Å²) in [6.45, 7) is 9.28. The number of fused-ring (bicyclic) bond motifs is 1. The standard InChI is InChI=1S/C29H33ClF3N7O4S/c1-16-12-36(13-17(2)39(16)27(43)44-28(3,4)5)24-20-10-18(29(31,32)33)11-21-23(20)38(25(41)34-24)14-19(15-45(21)30)40-26(42)37-9-7-6-8-22(37)35-40/h6-11,16-17,19,45H,12-15H2,1-5H3/t16-,17+,19-/m0/s1. The maximum absolute atomic E-state index is 14.3. The topological polar surface area (TPSA) is 107 Å². The third-order valence-corrected chi connectivity index (χ3v) is 10.6. The molecule has 1 amide bonds. The lowest BCUT2D eigenvalue weighted by Crippen LogP contribution is -2.59. The van der Waals surface area contributed by atoms with Gasteiger partial charge >= 0.3 is 23.6 Å². The predicted molar refractivity (Wildman–Crippen MR) is 167 cm³/mol. The van der Waals surface area contributed by atoms with Crippen molar-refractivity contribution in [1.82, 2.24) is 28.6 Å². The SMILES string of the molecule is C[C@@H]1CN(c2nc(=O)n3c4c(cc(C(F)(F)F)cc24)[SH](Cl)C[C@@H](n2nc4ccccn4c2=O)C3)C[C@H](C)N1C(=O)OC(C)(C)C. The summed E-state index contributed by atoms with van der Waals surface area (Å²) >= 11 is 0. The Morgan fingerprint density at radius 1 is 1.07 bits per heavy atom. The molecule has 6 rings (SSSR count). The molecule has 0 N–H and O–H groups in total. The van der Waals surface area contributed by atoms with E-state index in [1.807, 2.05) is 13.8 Å². The highest BCUT2D eigenvalue weighted by Gasteiger charge is 2.39. The van der Waals surface area contributed by atoms with Crippen LogP contribution in [0.4, 0.5) is 23.8 Å². The van der Waals surface area contributed by atoms with Crippen molar-refractivity contribution in [1.29, 1.82) is 0 Å². The van der Waals surface area contributed by atoms with Crippen LogP contribution in [0, 0.1) is 0 Å². The number of thiol groups is 1. The highest BCUT2D eigenvalue weighted by molar-refractivity contribution is 8.36. The molecule has 0 aliphatic carbocycles. The highest BCUT2D eigenvalue weighted by atomic mass is 35.7. The molecule has 1 fully saturated rings. The van der Waals surface area contributed by atoms with Crippen molar-refractivity contribution < 1.29 is 22.7 Å². The van der Waals surface area contributed by atoms with Crippen molar-refractivity contribution in [3.63, 3.8) is 0 Å². The van der Waals surface area contributed by atoms with E-state index in [1.54, 1.807) is 55.0 Å². The molecule has 2 aliphatic heterocycles. The maximum atomic E-state index is 14.3. The summed E-state index contributed by atoms with van der Waals surface area (Å²) in [5.41, 5.74) is -2.10. The minimum atomic E-state index is -4.70. The number of pyridine rings is 1. The smallest absolute Gasteiger partial charge is 0.416 e. The second-order valence-electron chi connectivity index (χ2n) is 12.6. The number of piperazine rings is 1. The van der Waals surface area contributed by atoms with Crippen molar-refractivity contribution in [3.8, 4) is 0 Å². The summed E-state index contributed by atoms with van der Waals surface area (Å²) in [5.74, 6) is 0.195. The third kappa shape index (κ3) is 5.64. The Hall–Kier alpha value is -3.72. The van der Waals surface area contributed by atoms with Crippen molar-refractivity contribution in [2.75, 3.05) is 23.7 Å². The largest absolute Gasteiger partial charge is 0.444 e. The number of anilines is 1. The molecule has 4 atom stereocenters. The van der Waals surface area contributed by atoms with Gasteiger partial charge in [0.1, 0.15) is 11.4 Å². The van der Waals surface area contributed by atoms with Gasteiger partial charge in [-0.25, -0.2) is 19.1 Å². The zero-order valence-corrected chi connectivity index (χ0v) is 26.9. The molecule has 16 heteroatoms. The first-order valence-corrected chi connectivity index (χ1v) is 16.9. The van der Waals surface area contributed by atoms with Crippen molar-refractivity contribution in [2.45, 2.75) is 76.0 Å². The first-order chi connectivity index (χ1) is 21.0. The molecule has 0 saturated carbocycles. The molecule has 2 aliphatic rings. The van der Waals surface area contributed by atoms with E-state index >= 15 is 0 Å². The summed E-state index contributed by atoms with van der Waals surface area (Å²) in [6.07, 6.45) is -3.63. The molecule has 11 nitrogen and oxygen atoms in total. The van der Waals surface area contributed by atoms with Crippen LogP contribution in [0.15, 0.2) is 51.0 Å². The van der Waals surface area contributed by atoms with E-state index < -0.39 is 63.0 Å². The molecule has 0 radical (unpaired) electrons. The molecule has 242 valence electrons. The van der Waals surface area contributed by atoms with E-state index in [2.05, 4.69) is 10.1 Å². The summed E-state index contributed by atoms with van der Waals surface area (Å²) in [6, 6.07) is 5.56. The number of amides is 1. The zero-order chi connectivity index (χ0) is 32.6. The molecule has 3 aromatic heterocycles. The number of rotatable bonds is 2. The Labute approximate surface area is 263 Å². The molecular formula is C29H33ClF3N7O4S. The molecular weight excluding hydrogens is 635 g/mol. The Morgan fingerprint density at radius 3 is 2.38 bits per heavy atom. The lowest BCUT2D eigenvalue weighted by molar-refractivity contribution is -0.137. The van der Waals surface area contributed by atoms with Crippen LogP contribution < -0.4 is 16.3 Å². The van der Waals surface area contributed by atoms with E-state index in [0.29, 0.717) is 5.65 Å². The van der Waals surface area contributed by atoms with Gasteiger partial charge in [-0.05, 0) is 58.9 Å². The highest BCUT2D eigenvalue weighted by Crippen LogP contribution is 2.51. The molecule has 1 saturated heterocycles. The molecule has 1 aromatic carbocycles. The molecule has 4 aromatic rings. The second kappa shape index (κ2) is 11.0. The quantitative estimate of drug-likeness (QED) is 0.306. The molecule has 5 heterocycles. The van der Waals surface area contributed by atoms with Gasteiger partial charge in [-0.3, -0.25) is 13.9 Å². The number of hydrogen-bond donors (Lipinski definition) is 1. The minimum Gasteiger partial charge on any atom is -0.444 e. The van der Waals surface area contributed by atoms with Gasteiger partial charge in [0.05, 0.1) is 35.8 Å². The molecule has 45 heavy (non-hydrogen) atoms. The average Bonchev–Trinajstić information content (AvgIpc) is 3.18. The van der Waals surface area contributed by atoms with Crippen LogP contribution in [0.1, 0.15) is 46.2 Å². The fraction of sp³-hybridized carbons (Fsp3) is 0.483. The van der Waals surface area contributed by atoms with Gasteiger partial charge in [-0.15, -0.1) is 15.2 Å². The van der Waals surface area contributed by atoms with Gasteiger partial charge in [-0.1, -0.05) is 16.7 Å². The number of carbonyl (C=O) groups excluding carboxylic acids is 1. The number of aromatic nitrogens is 5. The molecule has 0 spiro atoms. The van der Waals surface area contributed by atoms with E-state index in [1.165, 1.54) is 13.6 Å². The van der Waals surface area contributed by atoms with Crippen molar-refractivity contribution >= 4 is 49.3 Å². The van der Waals surface area contributed by atoms with Crippen molar-refractivity contribution in [2.24, 2.45) is 0 Å². The van der Waals surface area contributed by atoms with Crippen LogP contribution in [0.5, 0.6) is 0 Å². The fourth-order valence-electron chi connectivity index (χ4n) is 6.19. The maximum Gasteiger partial charge on any atom is 0.416 e. The number of alkyl halides is 3. The van der Waals surface area contributed by atoms with Crippen LogP contribution in [0.25, 0.3) is 16.6 Å². The number of halogens is 4. The predicted octanol–water partition coefficient (Wildman–Crippen LogP) is 4.83. The lowest BCUT2D eigenvalue weighted by atomic mass is 10.1. The van der Waals surface area contributed by atoms with E-state index in [4.69, 9.17) is 15.4 Å². The fourth-order valence-corrected chi connectivity index (χ4v) is 8.65. The Bertz CT molecular complexity index is 1920. The first kappa shape index (κ1) is 31.3. The first-order valence-electron chi connectivity index (χ1n) is 14.4. The lowest BCUT2D eigenvalue weighted by Gasteiger charge is -2.45. The van der Waals surface area contributed by atoms with E-state index in [0.717, 1.165) is 12.1 Å². The van der Waals surface area contributed by atoms with Crippen LogP contribution in [0.3, 0.4) is 0 Å². The van der Waals surface area contributed by atoms with Crippen LogP contribution in [0.2, 0.25) is 0 Å². The molecule has 1 unspecified atom stereocenters. The Morgan fingerprint density at radius 2 is 1.76 bits per heavy atom. The monoisotopic (exact) mass is 667 g/mol. The van der Waals surface area contributed by atoms with Gasteiger partial charge in [0, 0.05) is 35.3 Å². The third-order valence-electron chi connectivity index (χ3n) is 8.01. The summed E-state index contributed by atoms with van der Waals surface area (Å²) in [5, 5.41) is 4.55. The normalized spacial score (nSPS) is 23.4. The second-order valence-corrected chi connectivity index (χ2v) is 15.4. The zero-order valence-electron chi connectivity index (χ0n) is 25.2. The van der Waals surface area contributed by atoms with E-state index in [9.17, 15) is 27.6 Å². The van der Waals surface area contributed by atoms with Gasteiger partial charge in [0.25, 0.3) is 0 Å². The van der Waals surface area contributed by atoms with Crippen LogP contribution >= 0.6 is 20.8 Å². The average molecular weight is 668 g/mol. The number of benzene rings is 1. The van der Waals surface area contributed by atoms with Crippen LogP contribution in [-0.2, 0) is 17.5 Å².